The van der Waals surface area contributed by atoms with Crippen molar-refractivity contribution in [1.82, 2.24) is 10.2 Å². The van der Waals surface area contributed by atoms with Gasteiger partial charge in [0.1, 0.15) is 18.4 Å². The highest BCUT2D eigenvalue weighted by Crippen LogP contribution is 2.27. The Kier molecular flexibility index (Phi) is 9.94. The molecule has 0 aliphatic heterocycles. The Morgan fingerprint density at radius 2 is 1.65 bits per heavy atom. The average molecular weight is 571 g/mol. The SMILES string of the molecule is CC[C@H](C)NC(=O)[C@@H](C)N(Cc1ccc(F)cc1)C(=O)CN(c1cccc([N+](=O)[O-])c1)S(=O)(=O)c1ccccc1. The number of hydrogen-bond acceptors (Lipinski definition) is 6. The number of nitro groups is 1. The lowest BCUT2D eigenvalue weighted by Crippen LogP contribution is -2.52. The van der Waals surface area contributed by atoms with Crippen molar-refractivity contribution < 1.29 is 27.3 Å². The lowest BCUT2D eigenvalue weighted by Gasteiger charge is -2.32. The number of rotatable bonds is 12. The smallest absolute Gasteiger partial charge is 0.271 e. The van der Waals surface area contributed by atoms with E-state index >= 15 is 0 Å². The highest BCUT2D eigenvalue weighted by Gasteiger charge is 2.33. The van der Waals surface area contributed by atoms with E-state index in [-0.39, 0.29) is 28.9 Å². The molecule has 212 valence electrons. The Morgan fingerprint density at radius 1 is 1.00 bits per heavy atom. The lowest BCUT2D eigenvalue weighted by molar-refractivity contribution is -0.384. The van der Waals surface area contributed by atoms with Gasteiger partial charge in [0.2, 0.25) is 11.8 Å². The van der Waals surface area contributed by atoms with Crippen LogP contribution >= 0.6 is 0 Å². The van der Waals surface area contributed by atoms with E-state index in [0.29, 0.717) is 12.0 Å². The summed E-state index contributed by atoms with van der Waals surface area (Å²) >= 11 is 0. The summed E-state index contributed by atoms with van der Waals surface area (Å²) < 4.78 is 41.8. The number of halogens is 1. The molecule has 0 aliphatic carbocycles. The van der Waals surface area contributed by atoms with Gasteiger partial charge < -0.3 is 10.2 Å². The molecular weight excluding hydrogens is 539 g/mol. The van der Waals surface area contributed by atoms with Crippen LogP contribution in [0.1, 0.15) is 32.8 Å². The van der Waals surface area contributed by atoms with E-state index < -0.39 is 45.2 Å². The summed E-state index contributed by atoms with van der Waals surface area (Å²) in [7, 11) is -4.36. The predicted octanol–water partition coefficient (Wildman–Crippen LogP) is 4.26. The van der Waals surface area contributed by atoms with Crippen LogP contribution in [-0.4, -0.2) is 48.7 Å². The van der Waals surface area contributed by atoms with E-state index in [0.717, 1.165) is 10.4 Å². The third-order valence-electron chi connectivity index (χ3n) is 6.37. The fourth-order valence-electron chi connectivity index (χ4n) is 3.84. The summed E-state index contributed by atoms with van der Waals surface area (Å²) in [5.41, 5.74) is 0.0679. The fraction of sp³-hybridized carbons (Fsp3) is 0.286. The Morgan fingerprint density at radius 3 is 2.25 bits per heavy atom. The van der Waals surface area contributed by atoms with Crippen LogP contribution in [0, 0.1) is 15.9 Å². The van der Waals surface area contributed by atoms with E-state index in [2.05, 4.69) is 5.32 Å². The number of sulfonamides is 1. The molecule has 1 N–H and O–H groups in total. The predicted molar refractivity (Wildman–Crippen MR) is 148 cm³/mol. The largest absolute Gasteiger partial charge is 0.352 e. The van der Waals surface area contributed by atoms with Crippen LogP contribution in [0.5, 0.6) is 0 Å². The highest BCUT2D eigenvalue weighted by atomic mass is 32.2. The molecule has 0 aromatic heterocycles. The molecule has 40 heavy (non-hydrogen) atoms. The maximum atomic E-state index is 13.8. The molecule has 0 bridgehead atoms. The van der Waals surface area contributed by atoms with Crippen LogP contribution in [0.25, 0.3) is 0 Å². The first-order valence-electron chi connectivity index (χ1n) is 12.6. The van der Waals surface area contributed by atoms with Crippen LogP contribution in [0.3, 0.4) is 0 Å². The first-order chi connectivity index (χ1) is 18.9. The average Bonchev–Trinajstić information content (AvgIpc) is 2.95. The molecule has 0 saturated carbocycles. The molecule has 3 aromatic rings. The summed E-state index contributed by atoms with van der Waals surface area (Å²) in [5, 5.41) is 14.2. The maximum absolute atomic E-state index is 13.8. The molecule has 0 heterocycles. The summed E-state index contributed by atoms with van der Waals surface area (Å²) in [5.74, 6) is -1.66. The maximum Gasteiger partial charge on any atom is 0.271 e. The van der Waals surface area contributed by atoms with E-state index in [4.69, 9.17) is 0 Å². The molecule has 3 aromatic carbocycles. The van der Waals surface area contributed by atoms with E-state index in [1.54, 1.807) is 6.07 Å². The van der Waals surface area contributed by atoms with Gasteiger partial charge in [0.15, 0.2) is 0 Å². The fourth-order valence-corrected chi connectivity index (χ4v) is 5.27. The number of amides is 2. The monoisotopic (exact) mass is 570 g/mol. The van der Waals surface area contributed by atoms with Crippen molar-refractivity contribution in [3.05, 3.63) is 100 Å². The van der Waals surface area contributed by atoms with Gasteiger partial charge >= 0.3 is 0 Å². The number of non-ortho nitro benzene ring substituents is 1. The number of benzene rings is 3. The Hall–Kier alpha value is -4.32. The van der Waals surface area contributed by atoms with Gasteiger partial charge in [-0.05, 0) is 56.2 Å². The molecule has 0 aliphatic rings. The Balaban J connectivity index is 2.05. The van der Waals surface area contributed by atoms with Crippen LogP contribution in [0.4, 0.5) is 15.8 Å². The van der Waals surface area contributed by atoms with Crippen LogP contribution in [0.2, 0.25) is 0 Å². The second kappa shape index (κ2) is 13.2. The van der Waals surface area contributed by atoms with Crippen molar-refractivity contribution in [2.45, 2.75) is 50.7 Å². The summed E-state index contributed by atoms with van der Waals surface area (Å²) in [6.45, 7) is 4.36. The van der Waals surface area contributed by atoms with Crippen LogP contribution in [0.15, 0.2) is 83.8 Å². The number of carbonyl (C=O) groups is 2. The zero-order valence-electron chi connectivity index (χ0n) is 22.4. The third kappa shape index (κ3) is 7.41. The molecule has 0 radical (unpaired) electrons. The van der Waals surface area contributed by atoms with Crippen molar-refractivity contribution in [2.24, 2.45) is 0 Å². The van der Waals surface area contributed by atoms with E-state index in [9.17, 15) is 32.5 Å². The molecule has 0 saturated heterocycles. The van der Waals surface area contributed by atoms with Crippen LogP contribution in [-0.2, 0) is 26.2 Å². The quantitative estimate of drug-likeness (QED) is 0.256. The Bertz CT molecular complexity index is 1450. The minimum atomic E-state index is -4.36. The number of nitro benzene ring substituents is 1. The van der Waals surface area contributed by atoms with Gasteiger partial charge in [0.05, 0.1) is 15.5 Å². The number of hydrogen-bond donors (Lipinski definition) is 1. The van der Waals surface area contributed by atoms with Crippen molar-refractivity contribution in [3.8, 4) is 0 Å². The normalized spacial score (nSPS) is 12.7. The second-order valence-corrected chi connectivity index (χ2v) is 11.1. The van der Waals surface area contributed by atoms with Crippen LogP contribution < -0.4 is 9.62 Å². The number of anilines is 1. The molecule has 10 nitrogen and oxygen atoms in total. The minimum Gasteiger partial charge on any atom is -0.352 e. The number of nitrogens with zero attached hydrogens (tertiary/aromatic N) is 3. The molecule has 12 heteroatoms. The third-order valence-corrected chi connectivity index (χ3v) is 8.16. The molecular formula is C28H31FN4O6S. The molecule has 2 amide bonds. The topological polar surface area (TPSA) is 130 Å². The standard InChI is InChI=1S/C28H31FN4O6S/c1-4-20(2)30-28(35)21(3)31(18-22-13-15-23(29)16-14-22)27(34)19-32(24-9-8-10-25(17-24)33(36)37)40(38,39)26-11-6-5-7-12-26/h5-17,20-21H,4,18-19H2,1-3H3,(H,30,35)/t20-,21+/m0/s1. The second-order valence-electron chi connectivity index (χ2n) is 9.24. The molecule has 0 unspecified atom stereocenters. The number of nitrogens with one attached hydrogen (secondary N) is 1. The zero-order chi connectivity index (χ0) is 29.4. The van der Waals surface area contributed by atoms with Gasteiger partial charge in [-0.25, -0.2) is 12.8 Å². The first kappa shape index (κ1) is 30.2. The van der Waals surface area contributed by atoms with Crippen molar-refractivity contribution in [1.29, 1.82) is 0 Å². The van der Waals surface area contributed by atoms with Crippen molar-refractivity contribution in [3.63, 3.8) is 0 Å². The summed E-state index contributed by atoms with van der Waals surface area (Å²) in [6, 6.07) is 16.5. The molecule has 3 rings (SSSR count). The molecule has 2 atom stereocenters. The number of carbonyl (C=O) groups excluding carboxylic acids is 2. The molecule has 0 spiro atoms. The van der Waals surface area contributed by atoms with Crippen molar-refractivity contribution >= 4 is 33.2 Å². The van der Waals surface area contributed by atoms with Gasteiger partial charge in [0.25, 0.3) is 15.7 Å². The van der Waals surface area contributed by atoms with E-state index in [1.165, 1.54) is 78.6 Å². The van der Waals surface area contributed by atoms with Gasteiger partial charge in [-0.3, -0.25) is 24.0 Å². The molecule has 0 fully saturated rings. The van der Waals surface area contributed by atoms with Gasteiger partial charge in [-0.1, -0.05) is 43.3 Å². The summed E-state index contributed by atoms with van der Waals surface area (Å²) in [4.78, 5) is 38.7. The first-order valence-corrected chi connectivity index (χ1v) is 14.0. The van der Waals surface area contributed by atoms with Gasteiger partial charge in [-0.15, -0.1) is 0 Å². The van der Waals surface area contributed by atoms with Crippen molar-refractivity contribution in [2.75, 3.05) is 10.8 Å². The summed E-state index contributed by atoms with van der Waals surface area (Å²) in [6.07, 6.45) is 0.653. The van der Waals surface area contributed by atoms with E-state index in [1.807, 2.05) is 13.8 Å². The minimum absolute atomic E-state index is 0.0927. The highest BCUT2D eigenvalue weighted by molar-refractivity contribution is 7.92. The van der Waals surface area contributed by atoms with Gasteiger partial charge in [-0.2, -0.15) is 0 Å². The zero-order valence-corrected chi connectivity index (χ0v) is 23.2. The van der Waals surface area contributed by atoms with Gasteiger partial charge in [0, 0.05) is 24.7 Å². The Labute approximate surface area is 232 Å². The lowest BCUT2D eigenvalue weighted by atomic mass is 10.1.